The second-order valence-corrected chi connectivity index (χ2v) is 4.52. The number of nitrogens with zero attached hydrogens (tertiary/aromatic N) is 1. The van der Waals surface area contributed by atoms with Crippen LogP contribution in [0.2, 0.25) is 0 Å². The van der Waals surface area contributed by atoms with Gasteiger partial charge in [0.2, 0.25) is 0 Å². The Bertz CT molecular complexity index is 588. The molecule has 0 radical (unpaired) electrons. The van der Waals surface area contributed by atoms with Gasteiger partial charge in [-0.2, -0.15) is 0 Å². The van der Waals surface area contributed by atoms with E-state index in [4.69, 9.17) is 9.94 Å². The Morgan fingerprint density at radius 2 is 1.89 bits per heavy atom. The Balaban J connectivity index is 2.70. The lowest BCUT2D eigenvalue weighted by molar-refractivity contribution is 0.244. The molecule has 3 nitrogen and oxygen atoms in total. The SMILES string of the molecule is C/C(=N\O)c1ccc2ccccc2c1OC(C)C. The van der Waals surface area contributed by atoms with E-state index in [1.807, 2.05) is 50.2 Å². The van der Waals surface area contributed by atoms with Gasteiger partial charge in [-0.05, 0) is 32.2 Å². The van der Waals surface area contributed by atoms with Crippen molar-refractivity contribution in [1.29, 1.82) is 0 Å². The molecule has 0 saturated carbocycles. The van der Waals surface area contributed by atoms with Crippen molar-refractivity contribution < 1.29 is 9.94 Å². The summed E-state index contributed by atoms with van der Waals surface area (Å²) in [5.41, 5.74) is 1.38. The van der Waals surface area contributed by atoms with Crippen molar-refractivity contribution >= 4 is 16.5 Å². The molecule has 0 aliphatic rings. The summed E-state index contributed by atoms with van der Waals surface area (Å²) in [6.45, 7) is 5.73. The molecule has 3 heteroatoms. The van der Waals surface area contributed by atoms with Crippen LogP contribution in [0.25, 0.3) is 10.8 Å². The van der Waals surface area contributed by atoms with Crippen molar-refractivity contribution in [1.82, 2.24) is 0 Å². The lowest BCUT2D eigenvalue weighted by Gasteiger charge is -2.16. The van der Waals surface area contributed by atoms with E-state index in [-0.39, 0.29) is 6.10 Å². The first-order valence-corrected chi connectivity index (χ1v) is 6.01. The van der Waals surface area contributed by atoms with E-state index in [1.165, 1.54) is 0 Å². The number of hydrogen-bond acceptors (Lipinski definition) is 3. The van der Waals surface area contributed by atoms with E-state index >= 15 is 0 Å². The lowest BCUT2D eigenvalue weighted by atomic mass is 10.0. The van der Waals surface area contributed by atoms with Crippen LogP contribution < -0.4 is 4.74 Å². The number of fused-ring (bicyclic) bond motifs is 1. The van der Waals surface area contributed by atoms with Gasteiger partial charge in [0, 0.05) is 10.9 Å². The molecule has 0 saturated heterocycles. The number of hydrogen-bond donors (Lipinski definition) is 1. The summed E-state index contributed by atoms with van der Waals surface area (Å²) in [7, 11) is 0. The number of ether oxygens (including phenoxy) is 1. The predicted molar refractivity (Wildman–Crippen MR) is 73.7 cm³/mol. The lowest BCUT2D eigenvalue weighted by Crippen LogP contribution is -2.10. The van der Waals surface area contributed by atoms with Crippen molar-refractivity contribution in [2.45, 2.75) is 26.9 Å². The summed E-state index contributed by atoms with van der Waals surface area (Å²) in [5, 5.41) is 14.4. The van der Waals surface area contributed by atoms with E-state index in [0.29, 0.717) is 5.71 Å². The number of rotatable bonds is 3. The molecule has 2 rings (SSSR count). The second kappa shape index (κ2) is 5.08. The van der Waals surface area contributed by atoms with Crippen LogP contribution in [0, 0.1) is 0 Å². The largest absolute Gasteiger partial charge is 0.490 e. The van der Waals surface area contributed by atoms with Gasteiger partial charge < -0.3 is 9.94 Å². The fourth-order valence-electron chi connectivity index (χ4n) is 1.94. The minimum absolute atomic E-state index is 0.0704. The summed E-state index contributed by atoms with van der Waals surface area (Å²) < 4.78 is 5.89. The third-order valence-electron chi connectivity index (χ3n) is 2.77. The van der Waals surface area contributed by atoms with Crippen molar-refractivity contribution in [3.05, 3.63) is 42.0 Å². The topological polar surface area (TPSA) is 41.8 Å². The molecule has 0 aromatic heterocycles. The highest BCUT2D eigenvalue weighted by atomic mass is 16.5. The number of benzene rings is 2. The van der Waals surface area contributed by atoms with E-state index in [0.717, 1.165) is 22.1 Å². The molecule has 0 atom stereocenters. The molecule has 0 amide bonds. The van der Waals surface area contributed by atoms with Gasteiger partial charge in [0.15, 0.2) is 0 Å². The molecule has 2 aromatic rings. The first kappa shape index (κ1) is 12.4. The molecule has 0 heterocycles. The van der Waals surface area contributed by atoms with Crippen LogP contribution >= 0.6 is 0 Å². The standard InChI is InChI=1S/C15H17NO2/c1-10(2)18-15-13(11(3)16-17)9-8-12-6-4-5-7-14(12)15/h4-10,17H,1-3H3/b16-11+. The second-order valence-electron chi connectivity index (χ2n) is 4.52. The maximum atomic E-state index is 8.95. The first-order valence-electron chi connectivity index (χ1n) is 6.01. The zero-order chi connectivity index (χ0) is 13.1. The molecule has 0 aliphatic heterocycles. The Morgan fingerprint density at radius 1 is 1.17 bits per heavy atom. The molecule has 0 bridgehead atoms. The molecule has 0 unspecified atom stereocenters. The molecule has 18 heavy (non-hydrogen) atoms. The average molecular weight is 243 g/mol. The minimum Gasteiger partial charge on any atom is -0.490 e. The van der Waals surface area contributed by atoms with Gasteiger partial charge in [0.25, 0.3) is 0 Å². The fraction of sp³-hybridized carbons (Fsp3) is 0.267. The van der Waals surface area contributed by atoms with Crippen LogP contribution in [0.5, 0.6) is 5.75 Å². The van der Waals surface area contributed by atoms with E-state index in [9.17, 15) is 0 Å². The van der Waals surface area contributed by atoms with Crippen LogP contribution in [0.4, 0.5) is 0 Å². The molecule has 0 fully saturated rings. The van der Waals surface area contributed by atoms with E-state index in [1.54, 1.807) is 6.92 Å². The fourth-order valence-corrected chi connectivity index (χ4v) is 1.94. The summed E-state index contributed by atoms with van der Waals surface area (Å²) in [4.78, 5) is 0. The van der Waals surface area contributed by atoms with E-state index in [2.05, 4.69) is 5.16 Å². The van der Waals surface area contributed by atoms with Crippen molar-refractivity contribution in [3.63, 3.8) is 0 Å². The molecule has 1 N–H and O–H groups in total. The maximum absolute atomic E-state index is 8.95. The van der Waals surface area contributed by atoms with Crippen LogP contribution in [0.1, 0.15) is 26.3 Å². The minimum atomic E-state index is 0.0704. The Morgan fingerprint density at radius 3 is 2.56 bits per heavy atom. The molecule has 2 aromatic carbocycles. The van der Waals surface area contributed by atoms with Crippen LogP contribution in [0.15, 0.2) is 41.6 Å². The Labute approximate surface area is 107 Å². The molecule has 0 aliphatic carbocycles. The summed E-state index contributed by atoms with van der Waals surface area (Å²) >= 11 is 0. The monoisotopic (exact) mass is 243 g/mol. The Kier molecular flexibility index (Phi) is 3.51. The van der Waals surface area contributed by atoms with Crippen molar-refractivity contribution in [2.24, 2.45) is 5.16 Å². The van der Waals surface area contributed by atoms with Gasteiger partial charge >= 0.3 is 0 Å². The summed E-state index contributed by atoms with van der Waals surface area (Å²) in [6, 6.07) is 12.0. The van der Waals surface area contributed by atoms with Gasteiger partial charge in [-0.25, -0.2) is 0 Å². The third-order valence-corrected chi connectivity index (χ3v) is 2.77. The third kappa shape index (κ3) is 2.30. The highest BCUT2D eigenvalue weighted by Crippen LogP contribution is 2.31. The number of oxime groups is 1. The van der Waals surface area contributed by atoms with Crippen molar-refractivity contribution in [3.8, 4) is 5.75 Å². The molecular weight excluding hydrogens is 226 g/mol. The smallest absolute Gasteiger partial charge is 0.136 e. The van der Waals surface area contributed by atoms with Crippen LogP contribution in [-0.2, 0) is 0 Å². The Hall–Kier alpha value is -2.03. The molecule has 94 valence electrons. The van der Waals surface area contributed by atoms with Crippen LogP contribution in [0.3, 0.4) is 0 Å². The van der Waals surface area contributed by atoms with Gasteiger partial charge in [0.1, 0.15) is 5.75 Å². The highest BCUT2D eigenvalue weighted by Gasteiger charge is 2.12. The average Bonchev–Trinajstić information content (AvgIpc) is 2.37. The van der Waals surface area contributed by atoms with Crippen molar-refractivity contribution in [2.75, 3.05) is 0 Å². The van der Waals surface area contributed by atoms with Gasteiger partial charge in [0.05, 0.1) is 11.8 Å². The molecular formula is C15H17NO2. The van der Waals surface area contributed by atoms with Crippen LogP contribution in [-0.4, -0.2) is 17.0 Å². The first-order chi connectivity index (χ1) is 8.63. The van der Waals surface area contributed by atoms with Gasteiger partial charge in [-0.3, -0.25) is 0 Å². The quantitative estimate of drug-likeness (QED) is 0.505. The zero-order valence-corrected chi connectivity index (χ0v) is 10.8. The summed E-state index contributed by atoms with van der Waals surface area (Å²) in [6.07, 6.45) is 0.0704. The maximum Gasteiger partial charge on any atom is 0.136 e. The zero-order valence-electron chi connectivity index (χ0n) is 10.8. The predicted octanol–water partition coefficient (Wildman–Crippen LogP) is 3.83. The van der Waals surface area contributed by atoms with Gasteiger partial charge in [-0.15, -0.1) is 0 Å². The van der Waals surface area contributed by atoms with E-state index < -0.39 is 0 Å². The summed E-state index contributed by atoms with van der Waals surface area (Å²) in [5.74, 6) is 0.776. The normalized spacial score (nSPS) is 12.1. The highest BCUT2D eigenvalue weighted by molar-refractivity contribution is 6.06. The molecule has 0 spiro atoms. The van der Waals surface area contributed by atoms with Gasteiger partial charge in [-0.1, -0.05) is 35.5 Å².